The molecule has 4 amide bonds. The Morgan fingerprint density at radius 1 is 0.909 bits per heavy atom. The molecule has 0 fully saturated rings. The van der Waals surface area contributed by atoms with Gasteiger partial charge in [-0.2, -0.15) is 11.8 Å². The highest BCUT2D eigenvalue weighted by Gasteiger charge is 2.33. The minimum atomic E-state index is -1.33. The average molecular weight is 490 g/mol. The van der Waals surface area contributed by atoms with E-state index in [4.69, 9.17) is 11.5 Å². The maximum atomic E-state index is 13.0. The Morgan fingerprint density at radius 2 is 1.45 bits per heavy atom. The summed E-state index contributed by atoms with van der Waals surface area (Å²) in [5.74, 6) is -3.64. The molecule has 5 unspecified atom stereocenters. The van der Waals surface area contributed by atoms with Crippen molar-refractivity contribution in [2.75, 3.05) is 12.0 Å². The molecule has 0 bridgehead atoms. The Balaban J connectivity index is 5.44. The van der Waals surface area contributed by atoms with Gasteiger partial charge in [-0.3, -0.25) is 19.2 Å². The van der Waals surface area contributed by atoms with Crippen LogP contribution in [-0.2, 0) is 24.0 Å². The summed E-state index contributed by atoms with van der Waals surface area (Å²) in [4.78, 5) is 60.7. The van der Waals surface area contributed by atoms with E-state index in [0.29, 0.717) is 18.6 Å². The van der Waals surface area contributed by atoms with Crippen LogP contribution in [0.4, 0.5) is 0 Å². The molecule has 0 radical (unpaired) electrons. The Hall–Kier alpha value is -2.34. The fourth-order valence-electron chi connectivity index (χ4n) is 2.92. The molecule has 0 aromatic carbocycles. The third-order valence-electron chi connectivity index (χ3n) is 5.30. The molecule has 190 valence electrons. The predicted molar refractivity (Wildman–Crippen MR) is 127 cm³/mol. The van der Waals surface area contributed by atoms with Gasteiger partial charge < -0.3 is 32.5 Å². The molecular weight excluding hydrogens is 450 g/mol. The second-order valence-corrected chi connectivity index (χ2v) is 9.38. The molecule has 5 atom stereocenters. The van der Waals surface area contributed by atoms with Crippen molar-refractivity contribution in [1.82, 2.24) is 16.0 Å². The third kappa shape index (κ3) is 11.4. The summed E-state index contributed by atoms with van der Waals surface area (Å²) in [6, 6.07) is -4.06. The Bertz CT molecular complexity index is 690. The quantitative estimate of drug-likeness (QED) is 0.168. The number of amides is 4. The van der Waals surface area contributed by atoms with Gasteiger partial charge in [0, 0.05) is 6.42 Å². The van der Waals surface area contributed by atoms with Crippen molar-refractivity contribution in [1.29, 1.82) is 0 Å². The molecule has 0 saturated heterocycles. The van der Waals surface area contributed by atoms with Gasteiger partial charge in [0.05, 0.1) is 6.04 Å². The molecule has 0 saturated carbocycles. The highest BCUT2D eigenvalue weighted by molar-refractivity contribution is 7.98. The van der Waals surface area contributed by atoms with Crippen molar-refractivity contribution in [2.45, 2.75) is 77.5 Å². The molecule has 0 aliphatic heterocycles. The molecule has 0 aliphatic rings. The molecule has 33 heavy (non-hydrogen) atoms. The van der Waals surface area contributed by atoms with Crippen molar-refractivity contribution in [3.05, 3.63) is 0 Å². The number of nitrogens with one attached hydrogen (secondary N) is 3. The number of nitrogens with two attached hydrogens (primary N) is 2. The lowest BCUT2D eigenvalue weighted by Gasteiger charge is -2.29. The van der Waals surface area contributed by atoms with E-state index >= 15 is 0 Å². The summed E-state index contributed by atoms with van der Waals surface area (Å²) < 4.78 is 0. The van der Waals surface area contributed by atoms with E-state index in [1.807, 2.05) is 13.2 Å². The third-order valence-corrected chi connectivity index (χ3v) is 5.95. The number of rotatable bonds is 16. The minimum Gasteiger partial charge on any atom is -0.480 e. The van der Waals surface area contributed by atoms with Crippen LogP contribution in [0.1, 0.15) is 53.4 Å². The summed E-state index contributed by atoms with van der Waals surface area (Å²) in [6.07, 6.45) is 2.50. The standard InChI is InChI=1S/C21H39N5O6S/c1-6-12(4)17(20(30)24-14(21(31)32)7-8-15(23)27)26-19(29)16(11(2)3)25-18(28)13(22)9-10-33-5/h11-14,16-17H,6-10,22H2,1-5H3,(H2,23,27)(H,24,30)(H,25,28)(H,26,29)(H,31,32). The first kappa shape index (κ1) is 30.7. The smallest absolute Gasteiger partial charge is 0.326 e. The van der Waals surface area contributed by atoms with Crippen molar-refractivity contribution in [3.63, 3.8) is 0 Å². The molecule has 0 aromatic rings. The van der Waals surface area contributed by atoms with Crippen molar-refractivity contribution in [3.8, 4) is 0 Å². The lowest BCUT2D eigenvalue weighted by atomic mass is 9.96. The molecule has 0 spiro atoms. The number of hydrogen-bond donors (Lipinski definition) is 6. The molecule has 0 heterocycles. The van der Waals surface area contributed by atoms with E-state index in [-0.39, 0.29) is 24.7 Å². The molecule has 12 heteroatoms. The summed E-state index contributed by atoms with van der Waals surface area (Å²) >= 11 is 1.56. The van der Waals surface area contributed by atoms with Gasteiger partial charge in [-0.15, -0.1) is 0 Å². The van der Waals surface area contributed by atoms with E-state index in [1.54, 1.807) is 32.5 Å². The largest absolute Gasteiger partial charge is 0.480 e. The van der Waals surface area contributed by atoms with Gasteiger partial charge >= 0.3 is 5.97 Å². The number of thioether (sulfide) groups is 1. The van der Waals surface area contributed by atoms with Crippen LogP contribution in [0.2, 0.25) is 0 Å². The summed E-state index contributed by atoms with van der Waals surface area (Å²) in [6.45, 7) is 7.07. The molecule has 0 aromatic heterocycles. The Labute approximate surface area is 199 Å². The highest BCUT2D eigenvalue weighted by atomic mass is 32.2. The number of carbonyl (C=O) groups excluding carboxylic acids is 4. The minimum absolute atomic E-state index is 0.170. The Kier molecular flexibility index (Phi) is 14.4. The van der Waals surface area contributed by atoms with Crippen molar-refractivity contribution >= 4 is 41.4 Å². The zero-order valence-electron chi connectivity index (χ0n) is 20.1. The fraction of sp³-hybridized carbons (Fsp3) is 0.762. The maximum Gasteiger partial charge on any atom is 0.326 e. The number of carboxylic acids is 1. The highest BCUT2D eigenvalue weighted by Crippen LogP contribution is 2.12. The van der Waals surface area contributed by atoms with Crippen LogP contribution in [0, 0.1) is 11.8 Å². The normalized spacial score (nSPS) is 15.6. The van der Waals surface area contributed by atoms with Crippen LogP contribution in [0.15, 0.2) is 0 Å². The van der Waals surface area contributed by atoms with Crippen LogP contribution in [0.5, 0.6) is 0 Å². The van der Waals surface area contributed by atoms with E-state index in [0.717, 1.165) is 0 Å². The van der Waals surface area contributed by atoms with Crippen LogP contribution < -0.4 is 27.4 Å². The lowest BCUT2D eigenvalue weighted by molar-refractivity contribution is -0.143. The molecule has 0 rings (SSSR count). The van der Waals surface area contributed by atoms with E-state index in [2.05, 4.69) is 16.0 Å². The van der Waals surface area contributed by atoms with E-state index in [1.165, 1.54) is 0 Å². The Morgan fingerprint density at radius 3 is 1.91 bits per heavy atom. The van der Waals surface area contributed by atoms with Crippen LogP contribution in [-0.4, -0.2) is 70.9 Å². The predicted octanol–water partition coefficient (Wildman–Crippen LogP) is -0.427. The van der Waals surface area contributed by atoms with Gasteiger partial charge in [0.25, 0.3) is 0 Å². The maximum absolute atomic E-state index is 13.0. The number of carbonyl (C=O) groups is 5. The SMILES string of the molecule is CCC(C)C(NC(=O)C(NC(=O)C(N)CCSC)C(C)C)C(=O)NC(CCC(N)=O)C(=O)O. The van der Waals surface area contributed by atoms with Gasteiger partial charge in [-0.1, -0.05) is 34.1 Å². The monoisotopic (exact) mass is 489 g/mol. The first-order valence-electron chi connectivity index (χ1n) is 11.0. The second-order valence-electron chi connectivity index (χ2n) is 8.39. The zero-order valence-corrected chi connectivity index (χ0v) is 20.9. The van der Waals surface area contributed by atoms with Gasteiger partial charge in [0.2, 0.25) is 23.6 Å². The number of hydrogen-bond acceptors (Lipinski definition) is 7. The molecule has 11 nitrogen and oxygen atoms in total. The van der Waals surface area contributed by atoms with Gasteiger partial charge in [-0.25, -0.2) is 4.79 Å². The first-order valence-corrected chi connectivity index (χ1v) is 12.4. The van der Waals surface area contributed by atoms with Crippen LogP contribution in [0.25, 0.3) is 0 Å². The van der Waals surface area contributed by atoms with Crippen molar-refractivity contribution in [2.24, 2.45) is 23.3 Å². The summed E-state index contributed by atoms with van der Waals surface area (Å²) in [5.41, 5.74) is 11.0. The second kappa shape index (κ2) is 15.5. The molecule has 8 N–H and O–H groups in total. The van der Waals surface area contributed by atoms with E-state index in [9.17, 15) is 29.1 Å². The van der Waals surface area contributed by atoms with Gasteiger partial charge in [-0.05, 0) is 36.7 Å². The van der Waals surface area contributed by atoms with Gasteiger partial charge in [0.1, 0.15) is 18.1 Å². The van der Waals surface area contributed by atoms with E-state index < -0.39 is 53.8 Å². The summed E-state index contributed by atoms with van der Waals surface area (Å²) in [5, 5.41) is 17.0. The lowest BCUT2D eigenvalue weighted by Crippen LogP contribution is -2.59. The number of carboxylic acid groups (broad SMARTS) is 1. The topological polar surface area (TPSA) is 194 Å². The average Bonchev–Trinajstić information content (AvgIpc) is 2.74. The van der Waals surface area contributed by atoms with Crippen molar-refractivity contribution < 1.29 is 29.1 Å². The van der Waals surface area contributed by atoms with Crippen LogP contribution >= 0.6 is 11.8 Å². The zero-order chi connectivity index (χ0) is 25.7. The number of primary amides is 1. The first-order chi connectivity index (χ1) is 15.3. The molecular formula is C21H39N5O6S. The van der Waals surface area contributed by atoms with Crippen LogP contribution in [0.3, 0.4) is 0 Å². The number of aliphatic carboxylic acids is 1. The summed E-state index contributed by atoms with van der Waals surface area (Å²) in [7, 11) is 0. The molecule has 0 aliphatic carbocycles. The fourth-order valence-corrected chi connectivity index (χ4v) is 3.41. The van der Waals surface area contributed by atoms with Gasteiger partial charge in [0.15, 0.2) is 0 Å².